The number of alkyl halides is 3. The van der Waals surface area contributed by atoms with Crippen molar-refractivity contribution in [2.75, 3.05) is 0 Å². The van der Waals surface area contributed by atoms with Crippen LogP contribution in [-0.4, -0.2) is 22.2 Å². The Morgan fingerprint density at radius 1 is 1.44 bits per heavy atom. The summed E-state index contributed by atoms with van der Waals surface area (Å²) in [5, 5.41) is 0.113. The lowest BCUT2D eigenvalue weighted by atomic mass is 10.2. The van der Waals surface area contributed by atoms with E-state index in [1.807, 2.05) is 0 Å². The molecule has 0 saturated carbocycles. The van der Waals surface area contributed by atoms with Crippen LogP contribution in [0.4, 0.5) is 13.2 Å². The first kappa shape index (κ1) is 13.0. The topological polar surface area (TPSA) is 35.0 Å². The zero-order valence-corrected chi connectivity index (χ0v) is 9.43. The number of rotatable bonds is 3. The highest BCUT2D eigenvalue weighted by Crippen LogP contribution is 2.28. The van der Waals surface area contributed by atoms with Gasteiger partial charge in [0.25, 0.3) is 0 Å². The lowest BCUT2D eigenvalue weighted by molar-refractivity contribution is -0.190. The molecule has 0 fully saturated rings. The maximum Gasteiger partial charge on any atom is 0.425 e. The zero-order chi connectivity index (χ0) is 12.3. The molecule has 1 unspecified atom stereocenters. The van der Waals surface area contributed by atoms with E-state index in [2.05, 4.69) is 9.97 Å². The Kier molecular flexibility index (Phi) is 3.96. The van der Waals surface area contributed by atoms with E-state index in [4.69, 9.17) is 16.3 Å². The number of aromatic nitrogens is 2. The Hall–Kier alpha value is -1.04. The smallest absolute Gasteiger partial charge is 0.425 e. The van der Waals surface area contributed by atoms with E-state index >= 15 is 0 Å². The number of hydrogen-bond acceptors (Lipinski definition) is 3. The van der Waals surface area contributed by atoms with Crippen LogP contribution in [0.15, 0.2) is 6.33 Å². The second-order valence-electron chi connectivity index (χ2n) is 3.10. The van der Waals surface area contributed by atoms with Crippen molar-refractivity contribution in [2.45, 2.75) is 32.5 Å². The van der Waals surface area contributed by atoms with Crippen LogP contribution in [0.5, 0.6) is 5.88 Å². The van der Waals surface area contributed by atoms with Crippen molar-refractivity contribution in [3.05, 3.63) is 17.0 Å². The van der Waals surface area contributed by atoms with Crippen LogP contribution in [0.1, 0.15) is 19.4 Å². The molecule has 0 aromatic carbocycles. The molecule has 1 aromatic rings. The molecule has 0 aliphatic rings. The van der Waals surface area contributed by atoms with Crippen molar-refractivity contribution in [1.82, 2.24) is 9.97 Å². The highest BCUT2D eigenvalue weighted by Gasteiger charge is 2.38. The largest absolute Gasteiger partial charge is 0.465 e. The fourth-order valence-electron chi connectivity index (χ4n) is 1.01. The first-order valence-corrected chi connectivity index (χ1v) is 4.96. The second kappa shape index (κ2) is 4.86. The third kappa shape index (κ3) is 2.98. The molecule has 7 heteroatoms. The molecule has 1 atom stereocenters. The van der Waals surface area contributed by atoms with Crippen LogP contribution >= 0.6 is 11.6 Å². The van der Waals surface area contributed by atoms with Gasteiger partial charge < -0.3 is 4.74 Å². The third-order valence-corrected chi connectivity index (χ3v) is 2.28. The average molecular weight is 255 g/mol. The van der Waals surface area contributed by atoms with Crippen LogP contribution in [0.3, 0.4) is 0 Å². The van der Waals surface area contributed by atoms with E-state index in [1.54, 1.807) is 6.92 Å². The molecule has 0 spiro atoms. The van der Waals surface area contributed by atoms with E-state index < -0.39 is 12.3 Å². The minimum atomic E-state index is -4.43. The number of ether oxygens (including phenoxy) is 1. The lowest BCUT2D eigenvalue weighted by Crippen LogP contribution is -2.31. The summed E-state index contributed by atoms with van der Waals surface area (Å²) in [6, 6.07) is 0. The first-order chi connectivity index (χ1) is 7.36. The zero-order valence-electron chi connectivity index (χ0n) is 8.68. The molecule has 0 saturated heterocycles. The van der Waals surface area contributed by atoms with Crippen LogP contribution in [-0.2, 0) is 6.42 Å². The molecule has 0 aliphatic carbocycles. The summed E-state index contributed by atoms with van der Waals surface area (Å²) in [7, 11) is 0. The van der Waals surface area contributed by atoms with Crippen molar-refractivity contribution < 1.29 is 17.9 Å². The van der Waals surface area contributed by atoms with E-state index in [0.717, 1.165) is 13.3 Å². The Bertz CT molecular complexity index is 370. The van der Waals surface area contributed by atoms with Gasteiger partial charge in [0.15, 0.2) is 6.10 Å². The standard InChI is InChI=1S/C9H10ClF3N2O/c1-3-6-7(10)14-4-15-8(6)16-5(2)9(11,12)13/h4-5H,3H2,1-2H3. The fourth-order valence-corrected chi connectivity index (χ4v) is 1.27. The molecule has 0 radical (unpaired) electrons. The molecule has 1 rings (SSSR count). The van der Waals surface area contributed by atoms with Crippen LogP contribution in [0, 0.1) is 0 Å². The summed E-state index contributed by atoms with van der Waals surface area (Å²) < 4.78 is 41.5. The normalized spacial score (nSPS) is 13.6. The summed E-state index contributed by atoms with van der Waals surface area (Å²) in [5.74, 6) is -0.118. The predicted octanol–water partition coefficient (Wildman–Crippen LogP) is 3.02. The summed E-state index contributed by atoms with van der Waals surface area (Å²) in [6.07, 6.45) is -4.88. The molecular formula is C9H10ClF3N2O. The first-order valence-electron chi connectivity index (χ1n) is 4.59. The summed E-state index contributed by atoms with van der Waals surface area (Å²) in [4.78, 5) is 7.32. The van der Waals surface area contributed by atoms with Gasteiger partial charge in [-0.2, -0.15) is 13.2 Å². The number of hydrogen-bond donors (Lipinski definition) is 0. The maximum absolute atomic E-state index is 12.3. The SMILES string of the molecule is CCc1c(Cl)ncnc1OC(C)C(F)(F)F. The summed E-state index contributed by atoms with van der Waals surface area (Å²) >= 11 is 5.71. The van der Waals surface area contributed by atoms with Crippen molar-refractivity contribution >= 4 is 11.6 Å². The highest BCUT2D eigenvalue weighted by atomic mass is 35.5. The van der Waals surface area contributed by atoms with E-state index in [-0.39, 0.29) is 11.0 Å². The van der Waals surface area contributed by atoms with E-state index in [1.165, 1.54) is 0 Å². The Morgan fingerprint density at radius 3 is 2.56 bits per heavy atom. The van der Waals surface area contributed by atoms with Gasteiger partial charge in [0.1, 0.15) is 11.5 Å². The van der Waals surface area contributed by atoms with Gasteiger partial charge in [0.2, 0.25) is 5.88 Å². The van der Waals surface area contributed by atoms with Crippen LogP contribution in [0.2, 0.25) is 5.15 Å². The lowest BCUT2D eigenvalue weighted by Gasteiger charge is -2.18. The van der Waals surface area contributed by atoms with E-state index in [9.17, 15) is 13.2 Å². The number of nitrogens with zero attached hydrogens (tertiary/aromatic N) is 2. The number of halogens is 4. The fraction of sp³-hybridized carbons (Fsp3) is 0.556. The molecule has 3 nitrogen and oxygen atoms in total. The molecule has 16 heavy (non-hydrogen) atoms. The van der Waals surface area contributed by atoms with Gasteiger partial charge in [-0.15, -0.1) is 0 Å². The van der Waals surface area contributed by atoms with Crippen LogP contribution < -0.4 is 4.74 Å². The van der Waals surface area contributed by atoms with Crippen molar-refractivity contribution in [3.63, 3.8) is 0 Å². The maximum atomic E-state index is 12.3. The summed E-state index contributed by atoms with van der Waals surface area (Å²) in [5.41, 5.74) is 0.375. The van der Waals surface area contributed by atoms with Gasteiger partial charge in [-0.05, 0) is 13.3 Å². The second-order valence-corrected chi connectivity index (χ2v) is 3.46. The highest BCUT2D eigenvalue weighted by molar-refractivity contribution is 6.30. The van der Waals surface area contributed by atoms with Gasteiger partial charge in [-0.1, -0.05) is 18.5 Å². The third-order valence-electron chi connectivity index (χ3n) is 1.96. The molecule has 0 bridgehead atoms. The van der Waals surface area contributed by atoms with Gasteiger partial charge in [0, 0.05) is 0 Å². The monoisotopic (exact) mass is 254 g/mol. The Morgan fingerprint density at radius 2 is 2.06 bits per heavy atom. The molecule has 90 valence electrons. The molecule has 0 amide bonds. The van der Waals surface area contributed by atoms with Crippen molar-refractivity contribution in [1.29, 1.82) is 0 Å². The van der Waals surface area contributed by atoms with Gasteiger partial charge in [0.05, 0.1) is 5.56 Å². The van der Waals surface area contributed by atoms with E-state index in [0.29, 0.717) is 12.0 Å². The molecule has 0 aliphatic heterocycles. The van der Waals surface area contributed by atoms with Gasteiger partial charge >= 0.3 is 6.18 Å². The molecule has 1 aromatic heterocycles. The Labute approximate surface area is 95.6 Å². The van der Waals surface area contributed by atoms with Crippen LogP contribution in [0.25, 0.3) is 0 Å². The minimum Gasteiger partial charge on any atom is -0.465 e. The van der Waals surface area contributed by atoms with Gasteiger partial charge in [-0.3, -0.25) is 0 Å². The quantitative estimate of drug-likeness (QED) is 0.778. The minimum absolute atomic E-state index is 0.113. The molecular weight excluding hydrogens is 245 g/mol. The predicted molar refractivity (Wildman–Crippen MR) is 52.6 cm³/mol. The molecule has 0 N–H and O–H groups in total. The van der Waals surface area contributed by atoms with Crippen molar-refractivity contribution in [3.8, 4) is 5.88 Å². The van der Waals surface area contributed by atoms with Gasteiger partial charge in [-0.25, -0.2) is 9.97 Å². The van der Waals surface area contributed by atoms with Crippen molar-refractivity contribution in [2.24, 2.45) is 0 Å². The molecule has 1 heterocycles. The average Bonchev–Trinajstić information content (AvgIpc) is 2.16. The summed E-state index contributed by atoms with van der Waals surface area (Å²) in [6.45, 7) is 2.64. The Balaban J connectivity index is 2.93.